The molecule has 2 N–H and O–H groups in total. The Morgan fingerprint density at radius 3 is 2.91 bits per heavy atom. The summed E-state index contributed by atoms with van der Waals surface area (Å²) in [6.07, 6.45) is 1.69. The Morgan fingerprint density at radius 1 is 1.41 bits per heavy atom. The van der Waals surface area contributed by atoms with E-state index in [2.05, 4.69) is 27.2 Å². The van der Waals surface area contributed by atoms with E-state index in [-0.39, 0.29) is 5.69 Å². The van der Waals surface area contributed by atoms with E-state index >= 15 is 0 Å². The first-order valence-corrected chi connectivity index (χ1v) is 6.65. The summed E-state index contributed by atoms with van der Waals surface area (Å²) in [5, 5.41) is 14.7. The van der Waals surface area contributed by atoms with Crippen LogP contribution >= 0.6 is 0 Å². The normalized spacial score (nSPS) is 9.64. The van der Waals surface area contributed by atoms with Crippen molar-refractivity contribution in [3.05, 3.63) is 60.1 Å². The van der Waals surface area contributed by atoms with E-state index in [9.17, 15) is 4.79 Å². The zero-order valence-corrected chi connectivity index (χ0v) is 12.1. The molecule has 0 saturated carbocycles. The average Bonchev–Trinajstić information content (AvgIpc) is 2.53. The van der Waals surface area contributed by atoms with Crippen LogP contribution in [0, 0.1) is 18.3 Å². The molecule has 0 atom stereocenters. The third kappa shape index (κ3) is 3.67. The van der Waals surface area contributed by atoms with Gasteiger partial charge < -0.3 is 10.6 Å². The second-order valence-corrected chi connectivity index (χ2v) is 4.47. The summed E-state index contributed by atoms with van der Waals surface area (Å²) in [5.74, 6) is 0.633. The standard InChI is InChI=1S/C16H15N5O/c1-3-8-18-15-9-14(19-11(2)20-15)16(22)21-13-7-5-4-6-12(13)10-17/h3-7,9H,1,8H2,2H3,(H,21,22)(H,18,19,20). The van der Waals surface area contributed by atoms with Gasteiger partial charge >= 0.3 is 0 Å². The molecule has 0 unspecified atom stereocenters. The molecule has 6 nitrogen and oxygen atoms in total. The van der Waals surface area contributed by atoms with Crippen molar-refractivity contribution in [1.82, 2.24) is 9.97 Å². The number of hydrogen-bond acceptors (Lipinski definition) is 5. The van der Waals surface area contributed by atoms with Gasteiger partial charge in [0.15, 0.2) is 0 Å². The third-order valence-electron chi connectivity index (χ3n) is 2.79. The molecule has 1 amide bonds. The number of nitrogens with one attached hydrogen (secondary N) is 2. The lowest BCUT2D eigenvalue weighted by Crippen LogP contribution is -2.16. The minimum Gasteiger partial charge on any atom is -0.366 e. The first-order valence-electron chi connectivity index (χ1n) is 6.65. The minimum absolute atomic E-state index is 0.229. The summed E-state index contributed by atoms with van der Waals surface area (Å²) >= 11 is 0. The number of carbonyl (C=O) groups excluding carboxylic acids is 1. The molecular formula is C16H15N5O. The van der Waals surface area contributed by atoms with Gasteiger partial charge in [0.05, 0.1) is 11.3 Å². The van der Waals surface area contributed by atoms with Gasteiger partial charge in [0.1, 0.15) is 23.4 Å². The SMILES string of the molecule is C=CCNc1cc(C(=O)Nc2ccccc2C#N)nc(C)n1. The second kappa shape index (κ2) is 6.99. The monoisotopic (exact) mass is 293 g/mol. The number of nitriles is 1. The molecule has 0 aliphatic rings. The Bertz CT molecular complexity index is 748. The Balaban J connectivity index is 2.24. The van der Waals surface area contributed by atoms with Gasteiger partial charge in [-0.3, -0.25) is 4.79 Å². The lowest BCUT2D eigenvalue weighted by atomic mass is 10.2. The van der Waals surface area contributed by atoms with Crippen molar-refractivity contribution in [2.45, 2.75) is 6.92 Å². The summed E-state index contributed by atoms with van der Waals surface area (Å²) in [5.41, 5.74) is 1.07. The summed E-state index contributed by atoms with van der Waals surface area (Å²) < 4.78 is 0. The molecule has 0 radical (unpaired) electrons. The summed E-state index contributed by atoms with van der Waals surface area (Å²) in [4.78, 5) is 20.6. The number of benzene rings is 1. The van der Waals surface area contributed by atoms with Gasteiger partial charge in [0.2, 0.25) is 0 Å². The number of aryl methyl sites for hydroxylation is 1. The van der Waals surface area contributed by atoms with Gasteiger partial charge in [-0.25, -0.2) is 9.97 Å². The predicted molar refractivity (Wildman–Crippen MR) is 84.6 cm³/mol. The maximum atomic E-state index is 12.3. The zero-order chi connectivity index (χ0) is 15.9. The van der Waals surface area contributed by atoms with Crippen molar-refractivity contribution in [3.63, 3.8) is 0 Å². The molecule has 1 aromatic heterocycles. The highest BCUT2D eigenvalue weighted by Gasteiger charge is 2.12. The smallest absolute Gasteiger partial charge is 0.274 e. The lowest BCUT2D eigenvalue weighted by Gasteiger charge is -2.09. The van der Waals surface area contributed by atoms with Crippen LogP contribution in [0.25, 0.3) is 0 Å². The van der Waals surface area contributed by atoms with Gasteiger partial charge in [-0.05, 0) is 19.1 Å². The van der Waals surface area contributed by atoms with E-state index in [4.69, 9.17) is 5.26 Å². The first kappa shape index (κ1) is 15.2. The number of para-hydroxylation sites is 1. The molecule has 1 heterocycles. The van der Waals surface area contributed by atoms with Gasteiger partial charge in [-0.1, -0.05) is 18.2 Å². The van der Waals surface area contributed by atoms with Crippen LogP contribution in [0.4, 0.5) is 11.5 Å². The highest BCUT2D eigenvalue weighted by Crippen LogP contribution is 2.15. The molecule has 1 aromatic carbocycles. The molecular weight excluding hydrogens is 278 g/mol. The fourth-order valence-corrected chi connectivity index (χ4v) is 1.83. The van der Waals surface area contributed by atoms with E-state index in [1.54, 1.807) is 43.3 Å². The summed E-state index contributed by atoms with van der Waals surface area (Å²) in [6.45, 7) is 5.86. The van der Waals surface area contributed by atoms with Crippen molar-refractivity contribution in [2.75, 3.05) is 17.2 Å². The van der Waals surface area contributed by atoms with Gasteiger partial charge in [-0.2, -0.15) is 5.26 Å². The van der Waals surface area contributed by atoms with Crippen LogP contribution in [-0.2, 0) is 0 Å². The Labute approximate surface area is 128 Å². The Kier molecular flexibility index (Phi) is 4.83. The predicted octanol–water partition coefficient (Wildman–Crippen LogP) is 2.51. The highest BCUT2D eigenvalue weighted by atomic mass is 16.1. The molecule has 0 aliphatic heterocycles. The molecule has 0 fully saturated rings. The second-order valence-electron chi connectivity index (χ2n) is 4.47. The highest BCUT2D eigenvalue weighted by molar-refractivity contribution is 6.03. The maximum absolute atomic E-state index is 12.3. The van der Waals surface area contributed by atoms with E-state index in [0.717, 1.165) is 0 Å². The quantitative estimate of drug-likeness (QED) is 0.826. The van der Waals surface area contributed by atoms with Gasteiger partial charge in [0, 0.05) is 12.6 Å². The van der Waals surface area contributed by atoms with E-state index < -0.39 is 5.91 Å². The summed E-state index contributed by atoms with van der Waals surface area (Å²) in [6, 6.07) is 10.4. The molecule has 2 aromatic rings. The number of hydrogen-bond donors (Lipinski definition) is 2. The first-order chi connectivity index (χ1) is 10.6. The Hall–Kier alpha value is -3.20. The van der Waals surface area contributed by atoms with Gasteiger partial charge in [-0.15, -0.1) is 6.58 Å². The van der Waals surface area contributed by atoms with Crippen molar-refractivity contribution in [3.8, 4) is 6.07 Å². The topological polar surface area (TPSA) is 90.7 Å². The van der Waals surface area contributed by atoms with Crippen LogP contribution in [0.15, 0.2) is 43.0 Å². The molecule has 2 rings (SSSR count). The van der Waals surface area contributed by atoms with Crippen molar-refractivity contribution in [1.29, 1.82) is 5.26 Å². The number of carbonyl (C=O) groups is 1. The molecule has 0 saturated heterocycles. The fourth-order valence-electron chi connectivity index (χ4n) is 1.83. The number of nitrogens with zero attached hydrogens (tertiary/aromatic N) is 3. The zero-order valence-electron chi connectivity index (χ0n) is 12.1. The van der Waals surface area contributed by atoms with Crippen LogP contribution in [0.3, 0.4) is 0 Å². The van der Waals surface area contributed by atoms with Crippen LogP contribution < -0.4 is 10.6 Å². The van der Waals surface area contributed by atoms with E-state index in [1.807, 2.05) is 6.07 Å². The van der Waals surface area contributed by atoms with E-state index in [1.165, 1.54) is 0 Å². The molecule has 110 valence electrons. The number of rotatable bonds is 5. The van der Waals surface area contributed by atoms with Crippen LogP contribution in [0.1, 0.15) is 21.9 Å². The molecule has 22 heavy (non-hydrogen) atoms. The van der Waals surface area contributed by atoms with Gasteiger partial charge in [0.25, 0.3) is 5.91 Å². The maximum Gasteiger partial charge on any atom is 0.274 e. The molecule has 0 spiro atoms. The third-order valence-corrected chi connectivity index (χ3v) is 2.79. The molecule has 0 bridgehead atoms. The molecule has 6 heteroatoms. The largest absolute Gasteiger partial charge is 0.366 e. The number of anilines is 2. The summed E-state index contributed by atoms with van der Waals surface area (Å²) in [7, 11) is 0. The van der Waals surface area contributed by atoms with Crippen LogP contribution in [0.2, 0.25) is 0 Å². The fraction of sp³-hybridized carbons (Fsp3) is 0.125. The van der Waals surface area contributed by atoms with Crippen LogP contribution in [-0.4, -0.2) is 22.4 Å². The number of amides is 1. The average molecular weight is 293 g/mol. The minimum atomic E-state index is -0.394. The lowest BCUT2D eigenvalue weighted by molar-refractivity contribution is 0.102. The van der Waals surface area contributed by atoms with Crippen LogP contribution in [0.5, 0.6) is 0 Å². The number of aromatic nitrogens is 2. The van der Waals surface area contributed by atoms with Crippen molar-refractivity contribution < 1.29 is 4.79 Å². The van der Waals surface area contributed by atoms with Crippen molar-refractivity contribution >= 4 is 17.4 Å². The van der Waals surface area contributed by atoms with Crippen molar-refractivity contribution in [2.24, 2.45) is 0 Å². The van der Waals surface area contributed by atoms with E-state index in [0.29, 0.717) is 29.4 Å². The Morgan fingerprint density at radius 2 is 2.18 bits per heavy atom. The molecule has 0 aliphatic carbocycles.